The van der Waals surface area contributed by atoms with Crippen molar-refractivity contribution in [1.29, 1.82) is 0 Å². The number of nitrogens with zero attached hydrogens (tertiary/aromatic N) is 1. The largest absolute Gasteiger partial charge is 0.497 e. The third-order valence-electron chi connectivity index (χ3n) is 4.58. The van der Waals surface area contributed by atoms with Gasteiger partial charge in [0.1, 0.15) is 11.8 Å². The lowest BCUT2D eigenvalue weighted by atomic mass is 10.1. The summed E-state index contributed by atoms with van der Waals surface area (Å²) in [5.41, 5.74) is 1.74. The van der Waals surface area contributed by atoms with Gasteiger partial charge in [-0.3, -0.25) is 9.59 Å². The molecule has 0 saturated carbocycles. The van der Waals surface area contributed by atoms with Crippen LogP contribution in [0.25, 0.3) is 0 Å². The predicted octanol–water partition coefficient (Wildman–Crippen LogP) is 5.02. The van der Waals surface area contributed by atoms with Crippen molar-refractivity contribution >= 4 is 39.5 Å². The lowest BCUT2D eigenvalue weighted by molar-refractivity contribution is -0.139. The molecule has 0 heterocycles. The maximum absolute atomic E-state index is 13.1. The number of methoxy groups -OCH3 is 1. The van der Waals surface area contributed by atoms with Gasteiger partial charge in [-0.05, 0) is 63.1 Å². The summed E-state index contributed by atoms with van der Waals surface area (Å²) in [6.45, 7) is 7.94. The second kappa shape index (κ2) is 11.6. The number of amides is 2. The molecule has 0 aliphatic rings. The summed E-state index contributed by atoms with van der Waals surface area (Å²) in [5, 5.41) is 2.98. The zero-order chi connectivity index (χ0) is 23.0. The van der Waals surface area contributed by atoms with Gasteiger partial charge >= 0.3 is 0 Å². The third kappa shape index (κ3) is 8.57. The molecule has 2 amide bonds. The van der Waals surface area contributed by atoms with Crippen LogP contribution in [0.5, 0.6) is 5.75 Å². The van der Waals surface area contributed by atoms with Crippen molar-refractivity contribution in [2.24, 2.45) is 0 Å². The number of halogens is 1. The van der Waals surface area contributed by atoms with E-state index in [1.807, 2.05) is 69.3 Å². The highest BCUT2D eigenvalue weighted by molar-refractivity contribution is 9.10. The molecule has 7 heteroatoms. The van der Waals surface area contributed by atoms with E-state index in [1.165, 1.54) is 0 Å². The average molecular weight is 507 g/mol. The molecule has 0 spiro atoms. The predicted molar refractivity (Wildman–Crippen MR) is 131 cm³/mol. The molecule has 1 N–H and O–H groups in total. The number of rotatable bonds is 9. The van der Waals surface area contributed by atoms with Crippen molar-refractivity contribution in [2.45, 2.75) is 51.6 Å². The molecule has 0 aromatic heterocycles. The van der Waals surface area contributed by atoms with E-state index in [0.717, 1.165) is 27.1 Å². The minimum atomic E-state index is -0.581. The number of thioether (sulfide) groups is 1. The van der Waals surface area contributed by atoms with Gasteiger partial charge in [0, 0.05) is 22.3 Å². The highest BCUT2D eigenvalue weighted by atomic mass is 79.9. The monoisotopic (exact) mass is 506 g/mol. The number of carbonyl (C=O) groups is 2. The molecule has 31 heavy (non-hydrogen) atoms. The molecule has 0 aliphatic heterocycles. The Morgan fingerprint density at radius 1 is 1.06 bits per heavy atom. The topological polar surface area (TPSA) is 58.6 Å². The van der Waals surface area contributed by atoms with Crippen LogP contribution in [-0.2, 0) is 21.9 Å². The smallest absolute Gasteiger partial charge is 0.242 e. The molecular weight excluding hydrogens is 476 g/mol. The Morgan fingerprint density at radius 3 is 2.19 bits per heavy atom. The zero-order valence-electron chi connectivity index (χ0n) is 18.8. The number of hydrogen-bond donors (Lipinski definition) is 1. The maximum Gasteiger partial charge on any atom is 0.242 e. The fraction of sp³-hybridized carbons (Fsp3) is 0.417. The maximum atomic E-state index is 13.1. The third-order valence-corrected chi connectivity index (χ3v) is 6.10. The SMILES string of the molecule is COc1ccc(CN(C(=O)CSCc2ccc(Br)cc2)[C@@H](C)C(=O)NC(C)(C)C)cc1. The van der Waals surface area contributed by atoms with Crippen LogP contribution >= 0.6 is 27.7 Å². The highest BCUT2D eigenvalue weighted by Crippen LogP contribution is 2.19. The first-order valence-corrected chi connectivity index (χ1v) is 12.1. The van der Waals surface area contributed by atoms with Crippen molar-refractivity contribution in [2.75, 3.05) is 12.9 Å². The Balaban J connectivity index is 2.09. The Kier molecular flexibility index (Phi) is 9.44. The molecule has 2 aromatic rings. The first-order chi connectivity index (χ1) is 14.6. The van der Waals surface area contributed by atoms with Gasteiger partial charge in [0.2, 0.25) is 11.8 Å². The van der Waals surface area contributed by atoms with E-state index in [9.17, 15) is 9.59 Å². The van der Waals surface area contributed by atoms with Crippen molar-refractivity contribution in [1.82, 2.24) is 10.2 Å². The van der Waals surface area contributed by atoms with E-state index in [-0.39, 0.29) is 17.4 Å². The first-order valence-electron chi connectivity index (χ1n) is 10.2. The summed E-state index contributed by atoms with van der Waals surface area (Å²) < 4.78 is 6.24. The van der Waals surface area contributed by atoms with E-state index >= 15 is 0 Å². The van der Waals surface area contributed by atoms with Crippen LogP contribution in [0.1, 0.15) is 38.8 Å². The Bertz CT molecular complexity index is 864. The van der Waals surface area contributed by atoms with Crippen LogP contribution < -0.4 is 10.1 Å². The van der Waals surface area contributed by atoms with E-state index in [1.54, 1.807) is 30.7 Å². The van der Waals surface area contributed by atoms with Gasteiger partial charge in [-0.2, -0.15) is 0 Å². The molecule has 0 unspecified atom stereocenters. The van der Waals surface area contributed by atoms with Crippen molar-refractivity contribution in [3.05, 3.63) is 64.1 Å². The summed E-state index contributed by atoms with van der Waals surface area (Å²) >= 11 is 4.98. The Hall–Kier alpha value is -1.99. The summed E-state index contributed by atoms with van der Waals surface area (Å²) in [4.78, 5) is 27.6. The minimum absolute atomic E-state index is 0.0607. The first kappa shape index (κ1) is 25.3. The van der Waals surface area contributed by atoms with Gasteiger partial charge in [-0.1, -0.05) is 40.2 Å². The van der Waals surface area contributed by atoms with Crippen LogP contribution in [0, 0.1) is 0 Å². The van der Waals surface area contributed by atoms with Crippen LogP contribution in [0.15, 0.2) is 53.0 Å². The summed E-state index contributed by atoms with van der Waals surface area (Å²) in [5.74, 6) is 1.57. The summed E-state index contributed by atoms with van der Waals surface area (Å²) in [7, 11) is 1.62. The van der Waals surface area contributed by atoms with E-state index in [4.69, 9.17) is 4.74 Å². The molecule has 1 atom stereocenters. The summed E-state index contributed by atoms with van der Waals surface area (Å²) in [6, 6.07) is 15.0. The van der Waals surface area contributed by atoms with Crippen LogP contribution in [0.2, 0.25) is 0 Å². The molecule has 5 nitrogen and oxygen atoms in total. The number of benzene rings is 2. The van der Waals surface area contributed by atoms with Gasteiger partial charge in [0.05, 0.1) is 12.9 Å². The molecule has 0 saturated heterocycles. The molecule has 168 valence electrons. The second-order valence-electron chi connectivity index (χ2n) is 8.40. The van der Waals surface area contributed by atoms with Crippen molar-refractivity contribution in [3.8, 4) is 5.75 Å². The van der Waals surface area contributed by atoms with Gasteiger partial charge in [-0.25, -0.2) is 0 Å². The normalized spacial score (nSPS) is 12.2. The lowest BCUT2D eigenvalue weighted by Gasteiger charge is -2.31. The standard InChI is InChI=1S/C24H31BrN2O3S/c1-17(23(29)26-24(2,3)4)27(14-18-8-12-21(30-5)13-9-18)22(28)16-31-15-19-6-10-20(25)11-7-19/h6-13,17H,14-16H2,1-5H3,(H,26,29)/t17-/m0/s1. The number of hydrogen-bond acceptors (Lipinski definition) is 4. The zero-order valence-corrected chi connectivity index (χ0v) is 21.2. The second-order valence-corrected chi connectivity index (χ2v) is 10.3. The lowest BCUT2D eigenvalue weighted by Crippen LogP contribution is -2.52. The van der Waals surface area contributed by atoms with Gasteiger partial charge in [0.25, 0.3) is 0 Å². The minimum Gasteiger partial charge on any atom is -0.497 e. The number of nitrogens with one attached hydrogen (secondary N) is 1. The van der Waals surface area contributed by atoms with Crippen LogP contribution in [0.3, 0.4) is 0 Å². The van der Waals surface area contributed by atoms with E-state index < -0.39 is 6.04 Å². The van der Waals surface area contributed by atoms with Gasteiger partial charge in [0.15, 0.2) is 0 Å². The van der Waals surface area contributed by atoms with Crippen molar-refractivity contribution in [3.63, 3.8) is 0 Å². The van der Waals surface area contributed by atoms with Gasteiger partial charge in [-0.15, -0.1) is 11.8 Å². The van der Waals surface area contributed by atoms with Crippen molar-refractivity contribution < 1.29 is 14.3 Å². The molecule has 2 aromatic carbocycles. The van der Waals surface area contributed by atoms with E-state index in [2.05, 4.69) is 21.2 Å². The molecular formula is C24H31BrN2O3S. The Morgan fingerprint density at radius 2 is 1.65 bits per heavy atom. The number of ether oxygens (including phenoxy) is 1. The molecule has 0 radical (unpaired) electrons. The number of carbonyl (C=O) groups excluding carboxylic acids is 2. The molecule has 0 bridgehead atoms. The molecule has 0 fully saturated rings. The average Bonchev–Trinajstić information content (AvgIpc) is 2.72. The quantitative estimate of drug-likeness (QED) is 0.518. The fourth-order valence-corrected chi connectivity index (χ4v) is 4.04. The molecule has 0 aliphatic carbocycles. The Labute approximate surface area is 198 Å². The van der Waals surface area contributed by atoms with Crippen LogP contribution in [0.4, 0.5) is 0 Å². The molecule has 2 rings (SSSR count). The van der Waals surface area contributed by atoms with Gasteiger partial charge < -0.3 is 15.0 Å². The van der Waals surface area contributed by atoms with Crippen LogP contribution in [-0.4, -0.2) is 41.2 Å². The van der Waals surface area contributed by atoms with E-state index in [0.29, 0.717) is 12.3 Å². The fourth-order valence-electron chi connectivity index (χ4n) is 2.90. The highest BCUT2D eigenvalue weighted by Gasteiger charge is 2.28. The summed E-state index contributed by atoms with van der Waals surface area (Å²) in [6.07, 6.45) is 0.